The quantitative estimate of drug-likeness (QED) is 0.688. The first kappa shape index (κ1) is 20.5. The predicted molar refractivity (Wildman–Crippen MR) is 117 cm³/mol. The Labute approximate surface area is 179 Å². The predicted octanol–water partition coefficient (Wildman–Crippen LogP) is 2.57. The van der Waals surface area contributed by atoms with Crippen molar-refractivity contribution in [1.29, 1.82) is 0 Å². The van der Waals surface area contributed by atoms with Gasteiger partial charge in [0.25, 0.3) is 11.5 Å². The molecule has 0 saturated carbocycles. The molecule has 158 valence electrons. The summed E-state index contributed by atoms with van der Waals surface area (Å²) in [5.41, 5.74) is 2.77. The van der Waals surface area contributed by atoms with E-state index in [1.807, 2.05) is 44.2 Å². The number of benzene rings is 1. The topological polar surface area (TPSA) is 97.2 Å². The van der Waals surface area contributed by atoms with Crippen molar-refractivity contribution >= 4 is 23.3 Å². The van der Waals surface area contributed by atoms with E-state index in [0.717, 1.165) is 27.9 Å². The Morgan fingerprint density at radius 3 is 2.71 bits per heavy atom. The van der Waals surface area contributed by atoms with Gasteiger partial charge in [-0.05, 0) is 49.6 Å². The second-order valence-corrected chi connectivity index (χ2v) is 7.66. The molecule has 1 N–H and O–H groups in total. The third kappa shape index (κ3) is 4.37. The van der Waals surface area contributed by atoms with Crippen molar-refractivity contribution < 1.29 is 9.59 Å². The Hall–Kier alpha value is -3.81. The van der Waals surface area contributed by atoms with Crippen LogP contribution in [0.25, 0.3) is 0 Å². The molecule has 3 aromatic rings. The number of hydrogen-bond acceptors (Lipinski definition) is 5. The maximum atomic E-state index is 13.2. The molecule has 0 saturated heterocycles. The molecule has 2 aromatic heterocycles. The molecule has 1 aromatic carbocycles. The van der Waals surface area contributed by atoms with Gasteiger partial charge in [0.2, 0.25) is 5.91 Å². The molecule has 4 rings (SSSR count). The van der Waals surface area contributed by atoms with Crippen molar-refractivity contribution in [3.8, 4) is 0 Å². The maximum Gasteiger partial charge on any atom is 0.278 e. The Kier molecular flexibility index (Phi) is 5.62. The third-order valence-corrected chi connectivity index (χ3v) is 5.24. The summed E-state index contributed by atoms with van der Waals surface area (Å²) in [6.45, 7) is 3.95. The fourth-order valence-electron chi connectivity index (χ4n) is 3.68. The van der Waals surface area contributed by atoms with Crippen molar-refractivity contribution in [2.75, 3.05) is 10.2 Å². The number of nitrogens with zero attached hydrogens (tertiary/aromatic N) is 4. The van der Waals surface area contributed by atoms with Gasteiger partial charge >= 0.3 is 0 Å². The van der Waals surface area contributed by atoms with Crippen LogP contribution < -0.4 is 15.8 Å². The summed E-state index contributed by atoms with van der Waals surface area (Å²) in [7, 11) is 0. The first-order valence-corrected chi connectivity index (χ1v) is 10.1. The lowest BCUT2D eigenvalue weighted by molar-refractivity contribution is -0.116. The highest BCUT2D eigenvalue weighted by Crippen LogP contribution is 2.32. The van der Waals surface area contributed by atoms with Crippen molar-refractivity contribution in [3.63, 3.8) is 0 Å². The lowest BCUT2D eigenvalue weighted by atomic mass is 10.1. The van der Waals surface area contributed by atoms with E-state index >= 15 is 0 Å². The Bertz CT molecular complexity index is 1190. The van der Waals surface area contributed by atoms with Crippen LogP contribution in [0, 0.1) is 6.92 Å². The lowest BCUT2D eigenvalue weighted by Gasteiger charge is -2.22. The molecular weight excluding hydrogens is 394 g/mol. The number of nitrogens with one attached hydrogen (secondary N) is 1. The third-order valence-electron chi connectivity index (χ3n) is 5.24. The number of hydrogen-bond donors (Lipinski definition) is 1. The summed E-state index contributed by atoms with van der Waals surface area (Å²) in [4.78, 5) is 43.4. The van der Waals surface area contributed by atoms with Gasteiger partial charge in [-0.15, -0.1) is 0 Å². The second kappa shape index (κ2) is 8.51. The van der Waals surface area contributed by atoms with Crippen LogP contribution in [0.4, 0.5) is 11.5 Å². The van der Waals surface area contributed by atoms with Crippen LogP contribution in [-0.2, 0) is 17.8 Å². The highest BCUT2D eigenvalue weighted by Gasteiger charge is 2.32. The smallest absolute Gasteiger partial charge is 0.278 e. The second-order valence-electron chi connectivity index (χ2n) is 7.66. The van der Waals surface area contributed by atoms with Crippen LogP contribution in [0.15, 0.2) is 59.5 Å². The molecule has 0 aliphatic carbocycles. The molecule has 1 aliphatic rings. The van der Waals surface area contributed by atoms with E-state index in [1.54, 1.807) is 17.2 Å². The van der Waals surface area contributed by atoms with E-state index in [2.05, 4.69) is 15.4 Å². The van der Waals surface area contributed by atoms with Crippen molar-refractivity contribution in [2.45, 2.75) is 39.3 Å². The highest BCUT2D eigenvalue weighted by molar-refractivity contribution is 6.06. The maximum absolute atomic E-state index is 13.2. The Balaban J connectivity index is 1.47. The number of fused-ring (bicyclic) bond motifs is 1. The van der Waals surface area contributed by atoms with Crippen LogP contribution in [-0.4, -0.2) is 32.6 Å². The molecule has 0 unspecified atom stereocenters. The molecule has 1 aliphatic heterocycles. The number of carbonyl (C=O) groups excluding carboxylic acids is 2. The van der Waals surface area contributed by atoms with E-state index in [9.17, 15) is 14.4 Å². The molecular formula is C23H23N5O3. The fourth-order valence-corrected chi connectivity index (χ4v) is 3.68. The molecule has 3 heterocycles. The molecule has 0 radical (unpaired) electrons. The van der Waals surface area contributed by atoms with Gasteiger partial charge in [-0.1, -0.05) is 24.3 Å². The van der Waals surface area contributed by atoms with Gasteiger partial charge in [-0.3, -0.25) is 14.4 Å². The molecule has 1 atom stereocenters. The van der Waals surface area contributed by atoms with E-state index in [0.29, 0.717) is 5.82 Å². The van der Waals surface area contributed by atoms with Gasteiger partial charge in [0.05, 0.1) is 6.54 Å². The molecule has 2 amide bonds. The van der Waals surface area contributed by atoms with E-state index in [1.165, 1.54) is 12.1 Å². The minimum atomic E-state index is -0.368. The minimum absolute atomic E-state index is 0.000125. The van der Waals surface area contributed by atoms with E-state index < -0.39 is 0 Å². The molecule has 8 nitrogen and oxygen atoms in total. The summed E-state index contributed by atoms with van der Waals surface area (Å²) in [5, 5.41) is 6.92. The zero-order chi connectivity index (χ0) is 22.0. The molecule has 8 heteroatoms. The number of pyridine rings is 1. The SMILES string of the molecule is Cc1ccc(NC(=O)CCn2nc(C(=O)N3c4ccccc4C[C@@H]3C)ccc2=O)nc1. The summed E-state index contributed by atoms with van der Waals surface area (Å²) in [5.74, 6) is -0.107. The van der Waals surface area contributed by atoms with E-state index in [4.69, 9.17) is 0 Å². The average Bonchev–Trinajstić information content (AvgIpc) is 3.10. The lowest BCUT2D eigenvalue weighted by Crippen LogP contribution is -2.37. The van der Waals surface area contributed by atoms with E-state index in [-0.39, 0.29) is 42.1 Å². The van der Waals surface area contributed by atoms with Gasteiger partial charge in [-0.2, -0.15) is 5.10 Å². The molecule has 0 fully saturated rings. The van der Waals surface area contributed by atoms with Crippen LogP contribution >= 0.6 is 0 Å². The number of aryl methyl sites for hydroxylation is 2. The number of para-hydroxylation sites is 1. The molecule has 31 heavy (non-hydrogen) atoms. The number of rotatable bonds is 5. The molecule has 0 spiro atoms. The molecule has 0 bridgehead atoms. The van der Waals surface area contributed by atoms with Crippen LogP contribution in [0.1, 0.15) is 35.0 Å². The Morgan fingerprint density at radius 1 is 1.13 bits per heavy atom. The summed E-state index contributed by atoms with van der Waals surface area (Å²) in [6, 6.07) is 14.1. The number of aromatic nitrogens is 3. The van der Waals surface area contributed by atoms with Gasteiger partial charge in [0, 0.05) is 30.4 Å². The van der Waals surface area contributed by atoms with Crippen molar-refractivity contribution in [3.05, 3.63) is 81.9 Å². The number of carbonyl (C=O) groups is 2. The number of amides is 2. The van der Waals surface area contributed by atoms with Gasteiger partial charge in [-0.25, -0.2) is 9.67 Å². The normalized spacial score (nSPS) is 14.9. The number of anilines is 2. The highest BCUT2D eigenvalue weighted by atomic mass is 16.2. The first-order chi connectivity index (χ1) is 14.9. The monoisotopic (exact) mass is 417 g/mol. The van der Waals surface area contributed by atoms with Crippen LogP contribution in [0.5, 0.6) is 0 Å². The van der Waals surface area contributed by atoms with Crippen LogP contribution in [0.3, 0.4) is 0 Å². The fraction of sp³-hybridized carbons (Fsp3) is 0.261. The van der Waals surface area contributed by atoms with Gasteiger partial charge in [0.15, 0.2) is 0 Å². The van der Waals surface area contributed by atoms with Crippen molar-refractivity contribution in [1.82, 2.24) is 14.8 Å². The van der Waals surface area contributed by atoms with Gasteiger partial charge in [0.1, 0.15) is 11.5 Å². The van der Waals surface area contributed by atoms with Gasteiger partial charge < -0.3 is 10.2 Å². The zero-order valence-electron chi connectivity index (χ0n) is 17.4. The van der Waals surface area contributed by atoms with Crippen LogP contribution in [0.2, 0.25) is 0 Å². The average molecular weight is 417 g/mol. The zero-order valence-corrected chi connectivity index (χ0v) is 17.4. The summed E-state index contributed by atoms with van der Waals surface area (Å²) < 4.78 is 1.15. The van der Waals surface area contributed by atoms with Crippen molar-refractivity contribution in [2.24, 2.45) is 0 Å². The Morgan fingerprint density at radius 2 is 1.94 bits per heavy atom. The standard InChI is InChI=1S/C23H23N5O3/c1-15-7-9-20(24-14-15)25-21(29)11-12-27-22(30)10-8-18(26-27)23(31)28-16(2)13-17-5-3-4-6-19(17)28/h3-10,14,16H,11-13H2,1-2H3,(H,24,25,29)/t16-/m0/s1. The first-order valence-electron chi connectivity index (χ1n) is 10.1. The summed E-state index contributed by atoms with van der Waals surface area (Å²) >= 11 is 0. The largest absolute Gasteiger partial charge is 0.311 e. The minimum Gasteiger partial charge on any atom is -0.311 e. The summed E-state index contributed by atoms with van der Waals surface area (Å²) in [6.07, 6.45) is 2.46.